The zero-order valence-corrected chi connectivity index (χ0v) is 36.3. The zero-order chi connectivity index (χ0) is 39.4. The Hall–Kier alpha value is -1.85. The van der Waals surface area contributed by atoms with Gasteiger partial charge >= 0.3 is 17.9 Å². The van der Waals surface area contributed by atoms with E-state index in [9.17, 15) is 14.4 Å². The van der Waals surface area contributed by atoms with Gasteiger partial charge in [-0.15, -0.1) is 0 Å². The normalized spacial score (nSPS) is 12.0. The number of carbonyl (C=O) groups is 3. The van der Waals surface area contributed by atoms with Gasteiger partial charge in [0, 0.05) is 19.3 Å². The third kappa shape index (κ3) is 41.3. The van der Waals surface area contributed by atoms with E-state index in [-0.39, 0.29) is 31.1 Å². The number of hydrogen-bond acceptors (Lipinski definition) is 6. The Balaban J connectivity index is 4.35. The first-order valence-electron chi connectivity index (χ1n) is 23.7. The Bertz CT molecular complexity index is 839. The highest BCUT2D eigenvalue weighted by Crippen LogP contribution is 2.15. The molecule has 54 heavy (non-hydrogen) atoms. The third-order valence-corrected chi connectivity index (χ3v) is 10.5. The van der Waals surface area contributed by atoms with Gasteiger partial charge in [0.2, 0.25) is 0 Å². The SMILES string of the molecule is CCCCC/C=C\CCCCCCCC(=O)OC[C@@H](COC(=O)CCCCCCCCCCCCCC)OC(=O)CCCCCCCCCCCCCC. The second-order valence-corrected chi connectivity index (χ2v) is 16.0. The van der Waals surface area contributed by atoms with Crippen molar-refractivity contribution in [2.75, 3.05) is 13.2 Å². The van der Waals surface area contributed by atoms with Crippen molar-refractivity contribution in [2.45, 2.75) is 264 Å². The monoisotopic (exact) mass is 763 g/mol. The van der Waals surface area contributed by atoms with Crippen molar-refractivity contribution in [3.05, 3.63) is 12.2 Å². The Labute approximate surface area is 335 Å². The van der Waals surface area contributed by atoms with Crippen LogP contribution in [0.25, 0.3) is 0 Å². The molecule has 0 saturated heterocycles. The minimum absolute atomic E-state index is 0.0679. The predicted molar refractivity (Wildman–Crippen MR) is 229 cm³/mol. The molecule has 0 aliphatic heterocycles. The van der Waals surface area contributed by atoms with Gasteiger partial charge in [-0.1, -0.05) is 206 Å². The summed E-state index contributed by atoms with van der Waals surface area (Å²) in [5.74, 6) is -0.867. The third-order valence-electron chi connectivity index (χ3n) is 10.5. The molecule has 0 aromatic rings. The van der Waals surface area contributed by atoms with Gasteiger partial charge in [-0.2, -0.15) is 0 Å². The smallest absolute Gasteiger partial charge is 0.306 e. The molecule has 0 spiro atoms. The fourth-order valence-corrected chi connectivity index (χ4v) is 6.91. The van der Waals surface area contributed by atoms with Gasteiger partial charge in [0.05, 0.1) is 0 Å². The van der Waals surface area contributed by atoms with Gasteiger partial charge in [-0.3, -0.25) is 14.4 Å². The molecule has 0 radical (unpaired) electrons. The molecule has 0 aliphatic rings. The van der Waals surface area contributed by atoms with Crippen molar-refractivity contribution in [2.24, 2.45) is 0 Å². The van der Waals surface area contributed by atoms with E-state index < -0.39 is 6.10 Å². The maximum absolute atomic E-state index is 12.7. The summed E-state index contributed by atoms with van der Waals surface area (Å²) in [5, 5.41) is 0. The highest BCUT2D eigenvalue weighted by molar-refractivity contribution is 5.71. The summed E-state index contributed by atoms with van der Waals surface area (Å²) in [6, 6.07) is 0. The van der Waals surface area contributed by atoms with Crippen molar-refractivity contribution in [1.29, 1.82) is 0 Å². The maximum atomic E-state index is 12.7. The van der Waals surface area contributed by atoms with E-state index in [4.69, 9.17) is 14.2 Å². The second kappa shape index (κ2) is 43.9. The first kappa shape index (κ1) is 52.2. The Morgan fingerprint density at radius 1 is 0.352 bits per heavy atom. The molecule has 0 aromatic heterocycles. The van der Waals surface area contributed by atoms with Gasteiger partial charge in [-0.05, 0) is 44.9 Å². The number of ether oxygens (including phenoxy) is 3. The number of rotatable bonds is 43. The van der Waals surface area contributed by atoms with E-state index in [2.05, 4.69) is 32.9 Å². The number of carbonyl (C=O) groups excluding carboxylic acids is 3. The van der Waals surface area contributed by atoms with Crippen molar-refractivity contribution in [3.63, 3.8) is 0 Å². The number of esters is 3. The molecule has 0 amide bonds. The molecule has 0 unspecified atom stereocenters. The number of allylic oxidation sites excluding steroid dienone is 2. The lowest BCUT2D eigenvalue weighted by Gasteiger charge is -2.18. The van der Waals surface area contributed by atoms with Crippen LogP contribution < -0.4 is 0 Å². The van der Waals surface area contributed by atoms with Crippen LogP contribution in [0.2, 0.25) is 0 Å². The van der Waals surface area contributed by atoms with Gasteiger partial charge in [0.15, 0.2) is 6.10 Å². The second-order valence-electron chi connectivity index (χ2n) is 16.0. The van der Waals surface area contributed by atoms with Crippen LogP contribution in [0.15, 0.2) is 12.2 Å². The molecule has 6 heteroatoms. The first-order chi connectivity index (χ1) is 26.5. The molecule has 0 aliphatic carbocycles. The largest absolute Gasteiger partial charge is 0.462 e. The fourth-order valence-electron chi connectivity index (χ4n) is 6.91. The topological polar surface area (TPSA) is 78.9 Å². The number of unbranched alkanes of at least 4 members (excludes halogenated alkanes) is 30. The molecule has 0 heterocycles. The van der Waals surface area contributed by atoms with E-state index in [1.54, 1.807) is 0 Å². The minimum Gasteiger partial charge on any atom is -0.462 e. The Morgan fingerprint density at radius 3 is 0.963 bits per heavy atom. The molecule has 0 rings (SSSR count). The molecule has 0 fully saturated rings. The lowest BCUT2D eigenvalue weighted by atomic mass is 10.0. The molecule has 318 valence electrons. The molecule has 1 atom stereocenters. The van der Waals surface area contributed by atoms with E-state index in [0.29, 0.717) is 19.3 Å². The van der Waals surface area contributed by atoms with Crippen LogP contribution in [-0.2, 0) is 28.6 Å². The van der Waals surface area contributed by atoms with Crippen LogP contribution in [0.3, 0.4) is 0 Å². The molecule has 6 nitrogen and oxygen atoms in total. The van der Waals surface area contributed by atoms with Crippen LogP contribution in [0.4, 0.5) is 0 Å². The van der Waals surface area contributed by atoms with Crippen LogP contribution >= 0.6 is 0 Å². The van der Waals surface area contributed by atoms with E-state index >= 15 is 0 Å². The van der Waals surface area contributed by atoms with E-state index in [1.165, 1.54) is 154 Å². The van der Waals surface area contributed by atoms with Crippen molar-refractivity contribution >= 4 is 17.9 Å². The summed E-state index contributed by atoms with van der Waals surface area (Å²) in [4.78, 5) is 37.7. The van der Waals surface area contributed by atoms with E-state index in [1.807, 2.05) is 0 Å². The summed E-state index contributed by atoms with van der Waals surface area (Å²) < 4.78 is 16.7. The van der Waals surface area contributed by atoms with E-state index in [0.717, 1.165) is 64.2 Å². The first-order valence-corrected chi connectivity index (χ1v) is 23.7. The standard InChI is InChI=1S/C48H90O6/c1-4-7-10-13-16-19-22-25-28-31-34-37-40-46(49)52-43-45(54-48(51)42-39-36-33-30-27-24-21-18-15-12-9-6-3)44-53-47(50)41-38-35-32-29-26-23-20-17-14-11-8-5-2/h16,19,45H,4-15,17-18,20-44H2,1-3H3/b19-16-/t45-/m0/s1. The highest BCUT2D eigenvalue weighted by Gasteiger charge is 2.19. The molecular weight excluding hydrogens is 673 g/mol. The molecule has 0 N–H and O–H groups in total. The quantitative estimate of drug-likeness (QED) is 0.0266. The van der Waals surface area contributed by atoms with Crippen LogP contribution in [0.5, 0.6) is 0 Å². The summed E-state index contributed by atoms with van der Waals surface area (Å²) in [7, 11) is 0. The Kier molecular flexibility index (Phi) is 42.4. The van der Waals surface area contributed by atoms with Crippen LogP contribution in [0.1, 0.15) is 258 Å². The average Bonchev–Trinajstić information content (AvgIpc) is 3.17. The molecular formula is C48H90O6. The van der Waals surface area contributed by atoms with Gasteiger partial charge in [0.25, 0.3) is 0 Å². The van der Waals surface area contributed by atoms with Gasteiger partial charge in [0.1, 0.15) is 13.2 Å². The van der Waals surface area contributed by atoms with Crippen LogP contribution in [-0.4, -0.2) is 37.2 Å². The predicted octanol–water partition coefficient (Wildman–Crippen LogP) is 15.0. The highest BCUT2D eigenvalue weighted by atomic mass is 16.6. The average molecular weight is 763 g/mol. The van der Waals surface area contributed by atoms with Crippen LogP contribution in [0, 0.1) is 0 Å². The van der Waals surface area contributed by atoms with Gasteiger partial charge in [-0.25, -0.2) is 0 Å². The summed E-state index contributed by atoms with van der Waals surface area (Å²) in [6.45, 7) is 6.61. The summed E-state index contributed by atoms with van der Waals surface area (Å²) in [6.07, 6.45) is 46.1. The number of hydrogen-bond donors (Lipinski definition) is 0. The van der Waals surface area contributed by atoms with Crippen molar-refractivity contribution in [1.82, 2.24) is 0 Å². The summed E-state index contributed by atoms with van der Waals surface area (Å²) >= 11 is 0. The Morgan fingerprint density at radius 2 is 0.611 bits per heavy atom. The summed E-state index contributed by atoms with van der Waals surface area (Å²) in [5.41, 5.74) is 0. The minimum atomic E-state index is -0.764. The lowest BCUT2D eigenvalue weighted by molar-refractivity contribution is -0.167. The van der Waals surface area contributed by atoms with Gasteiger partial charge < -0.3 is 14.2 Å². The molecule has 0 saturated carbocycles. The molecule has 0 bridgehead atoms. The van der Waals surface area contributed by atoms with Crippen molar-refractivity contribution in [3.8, 4) is 0 Å². The lowest BCUT2D eigenvalue weighted by Crippen LogP contribution is -2.30. The van der Waals surface area contributed by atoms with Crippen molar-refractivity contribution < 1.29 is 28.6 Å². The zero-order valence-electron chi connectivity index (χ0n) is 36.3. The molecule has 0 aromatic carbocycles. The fraction of sp³-hybridized carbons (Fsp3) is 0.896. The maximum Gasteiger partial charge on any atom is 0.306 e.